The Hall–Kier alpha value is -3.04. The molecular formula is C27H37FN6O2. The first-order valence-electron chi connectivity index (χ1n) is 12.7. The van der Waals surface area contributed by atoms with Crippen molar-refractivity contribution in [3.05, 3.63) is 41.8 Å². The van der Waals surface area contributed by atoms with Crippen molar-refractivity contribution in [2.75, 3.05) is 63.6 Å². The van der Waals surface area contributed by atoms with E-state index in [0.29, 0.717) is 41.5 Å². The quantitative estimate of drug-likeness (QED) is 0.360. The van der Waals surface area contributed by atoms with Crippen molar-refractivity contribution in [3.63, 3.8) is 0 Å². The highest BCUT2D eigenvalue weighted by molar-refractivity contribution is 5.96. The predicted molar refractivity (Wildman–Crippen MR) is 141 cm³/mol. The van der Waals surface area contributed by atoms with Gasteiger partial charge in [0.15, 0.2) is 0 Å². The Kier molecular flexibility index (Phi) is 8.21. The highest BCUT2D eigenvalue weighted by atomic mass is 19.1. The van der Waals surface area contributed by atoms with Gasteiger partial charge >= 0.3 is 0 Å². The van der Waals surface area contributed by atoms with Crippen LogP contribution in [0.1, 0.15) is 31.7 Å². The largest absolute Gasteiger partial charge is 0.468 e. The van der Waals surface area contributed by atoms with Crippen LogP contribution >= 0.6 is 0 Å². The Bertz CT molecular complexity index is 1070. The van der Waals surface area contributed by atoms with Crippen LogP contribution in [0.15, 0.2) is 30.5 Å². The molecule has 3 aliphatic rings. The first-order chi connectivity index (χ1) is 17.4. The second-order valence-corrected chi connectivity index (χ2v) is 10.1. The lowest BCUT2D eigenvalue weighted by molar-refractivity contribution is -0.128. The number of hydrogen-bond acceptors (Lipinski definition) is 8. The molecular weight excluding hydrogens is 459 g/mol. The number of rotatable bonds is 6. The number of likely N-dealkylation sites (tertiary alicyclic amines) is 1. The van der Waals surface area contributed by atoms with Crippen molar-refractivity contribution >= 4 is 24.1 Å². The molecule has 2 aromatic rings. The lowest BCUT2D eigenvalue weighted by atomic mass is 9.78. The van der Waals surface area contributed by atoms with Gasteiger partial charge in [-0.2, -0.15) is 0 Å². The van der Waals surface area contributed by atoms with Gasteiger partial charge in [-0.15, -0.1) is 0 Å². The fourth-order valence-electron chi connectivity index (χ4n) is 6.10. The average molecular weight is 497 g/mol. The van der Waals surface area contributed by atoms with Crippen molar-refractivity contribution in [2.45, 2.75) is 32.2 Å². The number of anilines is 2. The number of hydrogen-bond donors (Lipinski definition) is 2. The lowest BCUT2D eigenvalue weighted by Crippen LogP contribution is -2.54. The first kappa shape index (κ1) is 26.0. The number of benzene rings is 1. The van der Waals surface area contributed by atoms with Gasteiger partial charge in [0.2, 0.25) is 0 Å². The number of nitrogens with two attached hydrogens (primary N) is 1. The summed E-state index contributed by atoms with van der Waals surface area (Å²) in [4.78, 5) is 20.9. The van der Waals surface area contributed by atoms with E-state index in [1.807, 2.05) is 12.1 Å². The van der Waals surface area contributed by atoms with Gasteiger partial charge in [0.1, 0.15) is 5.82 Å². The summed E-state index contributed by atoms with van der Waals surface area (Å²) in [6, 6.07) is 7.80. The Labute approximate surface area is 212 Å². The third kappa shape index (κ3) is 5.52. The highest BCUT2D eigenvalue weighted by Gasteiger charge is 2.48. The molecule has 1 aliphatic carbocycles. The van der Waals surface area contributed by atoms with Crippen LogP contribution in [-0.4, -0.2) is 86.4 Å². The Morgan fingerprint density at radius 3 is 2.64 bits per heavy atom. The number of piperazine rings is 1. The highest BCUT2D eigenvalue weighted by Crippen LogP contribution is 2.46. The summed E-state index contributed by atoms with van der Waals surface area (Å²) in [7, 11) is 2.21. The normalized spacial score (nSPS) is 21.4. The number of nitrogen functional groups attached to an aromatic ring is 1. The SMILES string of the molecule is CCOC=O.CN1CC2(CCC(N3CCN(c4cc(F)cnc4-c4cccc(N)c4C=N)CC3)C2)C1. The van der Waals surface area contributed by atoms with Crippen LogP contribution in [0, 0.1) is 16.6 Å². The van der Waals surface area contributed by atoms with E-state index in [9.17, 15) is 9.18 Å². The molecule has 9 heteroatoms. The summed E-state index contributed by atoms with van der Waals surface area (Å²) in [5.74, 6) is -0.340. The zero-order valence-electron chi connectivity index (χ0n) is 21.3. The topological polar surface area (TPSA) is 98.8 Å². The zero-order chi connectivity index (χ0) is 25.7. The molecule has 1 saturated carbocycles. The zero-order valence-corrected chi connectivity index (χ0v) is 21.3. The van der Waals surface area contributed by atoms with Gasteiger partial charge in [-0.25, -0.2) is 4.39 Å². The van der Waals surface area contributed by atoms with Gasteiger partial charge in [0.25, 0.3) is 6.47 Å². The number of carbonyl (C=O) groups excluding carboxylic acids is 1. The molecule has 2 aliphatic heterocycles. The average Bonchev–Trinajstić information content (AvgIpc) is 3.30. The molecule has 1 atom stereocenters. The second-order valence-electron chi connectivity index (χ2n) is 10.1. The number of carbonyl (C=O) groups is 1. The number of nitrogens with one attached hydrogen (secondary N) is 1. The molecule has 3 heterocycles. The Balaban J connectivity index is 0.000000556. The summed E-state index contributed by atoms with van der Waals surface area (Å²) in [6.07, 6.45) is 6.47. The van der Waals surface area contributed by atoms with Gasteiger partial charge < -0.3 is 25.7 Å². The third-order valence-electron chi connectivity index (χ3n) is 7.67. The van der Waals surface area contributed by atoms with Crippen molar-refractivity contribution < 1.29 is 13.9 Å². The van der Waals surface area contributed by atoms with Crippen LogP contribution in [0.5, 0.6) is 0 Å². The van der Waals surface area contributed by atoms with Crippen molar-refractivity contribution in [1.29, 1.82) is 5.41 Å². The molecule has 1 aromatic heterocycles. The van der Waals surface area contributed by atoms with Crippen LogP contribution in [-0.2, 0) is 9.53 Å². The number of pyridine rings is 1. The molecule has 0 bridgehead atoms. The number of ether oxygens (including phenoxy) is 1. The third-order valence-corrected chi connectivity index (χ3v) is 7.67. The smallest absolute Gasteiger partial charge is 0.293 e. The Morgan fingerprint density at radius 2 is 2.03 bits per heavy atom. The molecule has 0 amide bonds. The molecule has 3 N–H and O–H groups in total. The van der Waals surface area contributed by atoms with Gasteiger partial charge in [0.05, 0.1) is 24.2 Å². The van der Waals surface area contributed by atoms with E-state index in [4.69, 9.17) is 11.1 Å². The van der Waals surface area contributed by atoms with Crippen LogP contribution in [0.3, 0.4) is 0 Å². The summed E-state index contributed by atoms with van der Waals surface area (Å²) in [5, 5.41) is 7.79. The lowest BCUT2D eigenvalue weighted by Gasteiger charge is -2.47. The van der Waals surface area contributed by atoms with E-state index in [2.05, 4.69) is 31.5 Å². The van der Waals surface area contributed by atoms with Gasteiger partial charge in [-0.05, 0) is 44.7 Å². The summed E-state index contributed by atoms with van der Waals surface area (Å²) >= 11 is 0. The van der Waals surface area contributed by atoms with E-state index in [1.165, 1.54) is 44.8 Å². The molecule has 3 fully saturated rings. The van der Waals surface area contributed by atoms with E-state index in [-0.39, 0.29) is 5.82 Å². The van der Waals surface area contributed by atoms with E-state index >= 15 is 0 Å². The summed E-state index contributed by atoms with van der Waals surface area (Å²) < 4.78 is 18.3. The fraction of sp³-hybridized carbons (Fsp3) is 0.519. The minimum atomic E-state index is -0.340. The molecule has 194 valence electrons. The molecule has 5 rings (SSSR count). The molecule has 0 radical (unpaired) electrons. The van der Waals surface area contributed by atoms with Crippen LogP contribution in [0.4, 0.5) is 15.8 Å². The van der Waals surface area contributed by atoms with Gasteiger partial charge in [0, 0.05) is 74.4 Å². The van der Waals surface area contributed by atoms with Crippen molar-refractivity contribution in [1.82, 2.24) is 14.8 Å². The second kappa shape index (κ2) is 11.3. The van der Waals surface area contributed by atoms with E-state index in [0.717, 1.165) is 37.4 Å². The number of aromatic nitrogens is 1. The van der Waals surface area contributed by atoms with Crippen LogP contribution in [0.2, 0.25) is 0 Å². The maximum atomic E-state index is 14.2. The molecule has 1 aromatic carbocycles. The van der Waals surface area contributed by atoms with E-state index < -0.39 is 0 Å². The minimum Gasteiger partial charge on any atom is -0.468 e. The van der Waals surface area contributed by atoms with Crippen molar-refractivity contribution in [2.24, 2.45) is 5.41 Å². The fourth-order valence-corrected chi connectivity index (χ4v) is 6.10. The number of nitrogens with zero attached hydrogens (tertiary/aromatic N) is 4. The number of halogens is 1. The standard InChI is InChI=1S/C24H31FN6.C3H6O2/c1-29-15-24(16-29)6-5-18(12-24)30-7-9-31(10-8-30)22-11-17(25)14-28-23(22)19-3-2-4-21(27)20(19)13-26;1-2-5-3-4/h2-4,11,13-14,18,26H,5-10,12,15-16,27H2,1H3;3H,2H2,1H3. The van der Waals surface area contributed by atoms with Crippen molar-refractivity contribution in [3.8, 4) is 11.3 Å². The maximum absolute atomic E-state index is 14.2. The molecule has 2 saturated heterocycles. The Morgan fingerprint density at radius 1 is 1.28 bits per heavy atom. The summed E-state index contributed by atoms with van der Waals surface area (Å²) in [6.45, 7) is 8.84. The maximum Gasteiger partial charge on any atom is 0.293 e. The molecule has 1 spiro atoms. The predicted octanol–water partition coefficient (Wildman–Crippen LogP) is 3.25. The van der Waals surface area contributed by atoms with Gasteiger partial charge in [-0.3, -0.25) is 14.7 Å². The minimum absolute atomic E-state index is 0.340. The molecule has 1 unspecified atom stereocenters. The first-order valence-corrected chi connectivity index (χ1v) is 12.7. The monoisotopic (exact) mass is 496 g/mol. The molecule has 36 heavy (non-hydrogen) atoms. The van der Waals surface area contributed by atoms with Crippen LogP contribution in [0.25, 0.3) is 11.3 Å². The molecule has 8 nitrogen and oxygen atoms in total. The summed E-state index contributed by atoms with van der Waals surface area (Å²) in [5.41, 5.74) is 10.1. The van der Waals surface area contributed by atoms with Crippen LogP contribution < -0.4 is 10.6 Å². The van der Waals surface area contributed by atoms with Gasteiger partial charge in [-0.1, -0.05) is 12.1 Å². The van der Waals surface area contributed by atoms with E-state index in [1.54, 1.807) is 19.1 Å².